The summed E-state index contributed by atoms with van der Waals surface area (Å²) in [6, 6.07) is 13.6. The van der Waals surface area contributed by atoms with Crippen molar-refractivity contribution in [2.75, 3.05) is 0 Å². The van der Waals surface area contributed by atoms with Gasteiger partial charge in [0.15, 0.2) is 5.16 Å². The van der Waals surface area contributed by atoms with Crippen molar-refractivity contribution in [2.45, 2.75) is 43.8 Å². The van der Waals surface area contributed by atoms with Crippen LogP contribution in [0.5, 0.6) is 0 Å². The zero-order valence-electron chi connectivity index (χ0n) is 15.3. The largest absolute Gasteiger partial charge is 0.416 e. The van der Waals surface area contributed by atoms with Crippen molar-refractivity contribution >= 4 is 11.8 Å². The quantitative estimate of drug-likeness (QED) is 0.499. The Morgan fingerprint density at radius 1 is 1.04 bits per heavy atom. The lowest BCUT2D eigenvalue weighted by atomic mass is 10.1. The van der Waals surface area contributed by atoms with Crippen LogP contribution in [0.3, 0.4) is 0 Å². The molecule has 0 bridgehead atoms. The van der Waals surface area contributed by atoms with E-state index in [0.29, 0.717) is 5.16 Å². The SMILES string of the molecule is Cc1cccc(-n2c(SCc3ccccc3C(F)(F)F)nnc2C(C)C)c1. The minimum atomic E-state index is -4.37. The van der Waals surface area contributed by atoms with Crippen LogP contribution in [0.25, 0.3) is 5.69 Å². The van der Waals surface area contributed by atoms with E-state index in [1.165, 1.54) is 23.9 Å². The molecule has 2 aromatic carbocycles. The molecule has 0 radical (unpaired) electrons. The van der Waals surface area contributed by atoms with Crippen molar-refractivity contribution in [1.29, 1.82) is 0 Å². The van der Waals surface area contributed by atoms with Gasteiger partial charge in [-0.3, -0.25) is 4.57 Å². The molecular weight excluding hydrogens is 371 g/mol. The van der Waals surface area contributed by atoms with E-state index in [0.717, 1.165) is 23.1 Å². The van der Waals surface area contributed by atoms with Gasteiger partial charge in [0, 0.05) is 17.4 Å². The van der Waals surface area contributed by atoms with E-state index < -0.39 is 11.7 Å². The maximum atomic E-state index is 13.2. The normalized spacial score (nSPS) is 12.0. The number of alkyl halides is 3. The molecular formula is C20H20F3N3S. The van der Waals surface area contributed by atoms with Gasteiger partial charge in [-0.05, 0) is 36.2 Å². The van der Waals surface area contributed by atoms with Gasteiger partial charge >= 0.3 is 6.18 Å². The fourth-order valence-corrected chi connectivity index (χ4v) is 3.79. The molecule has 0 spiro atoms. The van der Waals surface area contributed by atoms with Crippen molar-refractivity contribution in [3.05, 3.63) is 71.0 Å². The van der Waals surface area contributed by atoms with Crippen molar-refractivity contribution in [2.24, 2.45) is 0 Å². The molecule has 3 rings (SSSR count). The van der Waals surface area contributed by atoms with E-state index in [1.807, 2.05) is 49.6 Å². The maximum absolute atomic E-state index is 13.2. The van der Waals surface area contributed by atoms with Crippen LogP contribution in [0.2, 0.25) is 0 Å². The first-order valence-corrected chi connectivity index (χ1v) is 9.56. The Bertz CT molecular complexity index is 932. The number of hydrogen-bond donors (Lipinski definition) is 0. The summed E-state index contributed by atoms with van der Waals surface area (Å²) in [4.78, 5) is 0. The molecule has 3 aromatic rings. The highest BCUT2D eigenvalue weighted by Gasteiger charge is 2.33. The van der Waals surface area contributed by atoms with Gasteiger partial charge in [-0.15, -0.1) is 10.2 Å². The Morgan fingerprint density at radius 3 is 2.44 bits per heavy atom. The van der Waals surface area contributed by atoms with Gasteiger partial charge in [0.25, 0.3) is 0 Å². The van der Waals surface area contributed by atoms with Gasteiger partial charge in [0.1, 0.15) is 5.82 Å². The summed E-state index contributed by atoms with van der Waals surface area (Å²) in [6.45, 7) is 6.03. The van der Waals surface area contributed by atoms with Crippen molar-refractivity contribution in [1.82, 2.24) is 14.8 Å². The van der Waals surface area contributed by atoms with Gasteiger partial charge in [0.05, 0.1) is 5.56 Å². The molecule has 0 saturated carbocycles. The van der Waals surface area contributed by atoms with Crippen molar-refractivity contribution in [3.63, 3.8) is 0 Å². The van der Waals surface area contributed by atoms with E-state index in [9.17, 15) is 13.2 Å². The maximum Gasteiger partial charge on any atom is 0.416 e. The van der Waals surface area contributed by atoms with Gasteiger partial charge in [-0.1, -0.05) is 55.9 Å². The summed E-state index contributed by atoms with van der Waals surface area (Å²) in [5.41, 5.74) is 1.63. The summed E-state index contributed by atoms with van der Waals surface area (Å²) in [7, 11) is 0. The van der Waals surface area contributed by atoms with Crippen LogP contribution in [0.15, 0.2) is 53.7 Å². The smallest absolute Gasteiger partial charge is 0.274 e. The number of thioether (sulfide) groups is 1. The second-order valence-electron chi connectivity index (χ2n) is 6.61. The fraction of sp³-hybridized carbons (Fsp3) is 0.300. The average Bonchev–Trinajstić information content (AvgIpc) is 3.03. The lowest BCUT2D eigenvalue weighted by molar-refractivity contribution is -0.138. The molecule has 0 N–H and O–H groups in total. The Labute approximate surface area is 160 Å². The second-order valence-corrected chi connectivity index (χ2v) is 7.56. The van der Waals surface area contributed by atoms with E-state index in [-0.39, 0.29) is 17.2 Å². The molecule has 142 valence electrons. The summed E-state index contributed by atoms with van der Waals surface area (Å²) in [5.74, 6) is 1.08. The zero-order chi connectivity index (χ0) is 19.6. The standard InChI is InChI=1S/C20H20F3N3S/c1-13(2)18-24-25-19(26(18)16-9-6-7-14(3)11-16)27-12-15-8-4-5-10-17(15)20(21,22)23/h4-11,13H,12H2,1-3H3. The van der Waals surface area contributed by atoms with E-state index >= 15 is 0 Å². The number of aromatic nitrogens is 3. The van der Waals surface area contributed by atoms with Crippen LogP contribution >= 0.6 is 11.8 Å². The monoisotopic (exact) mass is 391 g/mol. The third kappa shape index (κ3) is 4.35. The Kier molecular flexibility index (Phi) is 5.60. The van der Waals surface area contributed by atoms with Crippen LogP contribution in [-0.4, -0.2) is 14.8 Å². The molecule has 0 unspecified atom stereocenters. The summed E-state index contributed by atoms with van der Waals surface area (Å²) in [6.07, 6.45) is -4.37. The van der Waals surface area contributed by atoms with Gasteiger partial charge < -0.3 is 0 Å². The molecule has 0 amide bonds. The topological polar surface area (TPSA) is 30.7 Å². The number of benzene rings is 2. The van der Waals surface area contributed by atoms with E-state index in [4.69, 9.17) is 0 Å². The highest BCUT2D eigenvalue weighted by atomic mass is 32.2. The lowest BCUT2D eigenvalue weighted by Crippen LogP contribution is -2.08. The Hall–Kier alpha value is -2.28. The van der Waals surface area contributed by atoms with E-state index in [2.05, 4.69) is 10.2 Å². The number of halogens is 3. The van der Waals surface area contributed by atoms with Crippen LogP contribution in [0, 0.1) is 6.92 Å². The number of rotatable bonds is 5. The lowest BCUT2D eigenvalue weighted by Gasteiger charge is -2.14. The minimum absolute atomic E-state index is 0.134. The van der Waals surface area contributed by atoms with Gasteiger partial charge in [-0.25, -0.2) is 0 Å². The predicted octanol–water partition coefficient (Wildman–Crippen LogP) is 6.01. The molecule has 0 saturated heterocycles. The van der Waals surface area contributed by atoms with Crippen LogP contribution < -0.4 is 0 Å². The van der Waals surface area contributed by atoms with Crippen molar-refractivity contribution < 1.29 is 13.2 Å². The van der Waals surface area contributed by atoms with Crippen LogP contribution in [-0.2, 0) is 11.9 Å². The number of aryl methyl sites for hydroxylation is 1. The summed E-state index contributed by atoms with van der Waals surface area (Å²) < 4.78 is 41.6. The first-order valence-electron chi connectivity index (χ1n) is 8.57. The third-order valence-electron chi connectivity index (χ3n) is 4.11. The fourth-order valence-electron chi connectivity index (χ4n) is 2.82. The minimum Gasteiger partial charge on any atom is -0.274 e. The summed E-state index contributed by atoms with van der Waals surface area (Å²) >= 11 is 1.26. The first-order chi connectivity index (χ1) is 12.8. The molecule has 7 heteroatoms. The molecule has 27 heavy (non-hydrogen) atoms. The second kappa shape index (κ2) is 7.76. The Balaban J connectivity index is 1.96. The van der Waals surface area contributed by atoms with Gasteiger partial charge in [0.2, 0.25) is 0 Å². The summed E-state index contributed by atoms with van der Waals surface area (Å²) in [5, 5.41) is 9.10. The number of nitrogens with zero attached hydrogens (tertiary/aromatic N) is 3. The van der Waals surface area contributed by atoms with Crippen LogP contribution in [0.1, 0.15) is 42.3 Å². The highest BCUT2D eigenvalue weighted by molar-refractivity contribution is 7.98. The molecule has 1 heterocycles. The molecule has 1 aromatic heterocycles. The average molecular weight is 391 g/mol. The molecule has 0 fully saturated rings. The number of hydrogen-bond acceptors (Lipinski definition) is 3. The van der Waals surface area contributed by atoms with Gasteiger partial charge in [-0.2, -0.15) is 13.2 Å². The molecule has 0 atom stereocenters. The third-order valence-corrected chi connectivity index (χ3v) is 5.09. The zero-order valence-corrected chi connectivity index (χ0v) is 16.1. The van der Waals surface area contributed by atoms with Crippen LogP contribution in [0.4, 0.5) is 13.2 Å². The molecule has 0 aliphatic heterocycles. The Morgan fingerprint density at radius 2 is 1.78 bits per heavy atom. The molecule has 3 nitrogen and oxygen atoms in total. The highest BCUT2D eigenvalue weighted by Crippen LogP contribution is 2.35. The predicted molar refractivity (Wildman–Crippen MR) is 101 cm³/mol. The molecule has 0 aliphatic rings. The molecule has 0 aliphatic carbocycles. The first kappa shape index (κ1) is 19.5. The van der Waals surface area contributed by atoms with Crippen molar-refractivity contribution in [3.8, 4) is 5.69 Å². The van der Waals surface area contributed by atoms with E-state index in [1.54, 1.807) is 6.07 Å².